The van der Waals surface area contributed by atoms with Gasteiger partial charge in [0, 0.05) is 11.8 Å². The van der Waals surface area contributed by atoms with E-state index in [1.54, 1.807) is 6.92 Å². The smallest absolute Gasteiger partial charge is 0.331 e. The first-order valence-electron chi connectivity index (χ1n) is 4.64. The largest absolute Gasteiger partial charge is 0.395 e. The number of aliphatic hydroxyl groups is 2. The summed E-state index contributed by atoms with van der Waals surface area (Å²) in [7, 11) is 0. The number of hydrogen-bond acceptors (Lipinski definition) is 4. The Bertz CT molecular complexity index is 446. The summed E-state index contributed by atoms with van der Waals surface area (Å²) in [5.74, 6) is 0. The van der Waals surface area contributed by atoms with E-state index in [2.05, 4.69) is 0 Å². The first kappa shape index (κ1) is 11.7. The Morgan fingerprint density at radius 3 is 2.20 bits per heavy atom. The highest BCUT2D eigenvalue weighted by Crippen LogP contribution is 1.89. The second-order valence-electron chi connectivity index (χ2n) is 3.16. The maximum absolute atomic E-state index is 11.7. The molecule has 0 bridgehead atoms. The molecule has 84 valence electrons. The van der Waals surface area contributed by atoms with Crippen molar-refractivity contribution in [3.63, 3.8) is 0 Å². The Hall–Kier alpha value is -1.40. The number of aryl methyl sites for hydroxylation is 1. The molecule has 0 amide bonds. The van der Waals surface area contributed by atoms with Crippen LogP contribution in [0.1, 0.15) is 5.69 Å². The molecular weight excluding hydrogens is 200 g/mol. The van der Waals surface area contributed by atoms with Gasteiger partial charge in [-0.05, 0) is 6.92 Å². The van der Waals surface area contributed by atoms with Gasteiger partial charge in [-0.3, -0.25) is 13.9 Å². The summed E-state index contributed by atoms with van der Waals surface area (Å²) in [6, 6.07) is 1.31. The quantitative estimate of drug-likeness (QED) is 0.626. The molecule has 0 fully saturated rings. The third kappa shape index (κ3) is 2.34. The molecule has 1 aromatic heterocycles. The van der Waals surface area contributed by atoms with Crippen molar-refractivity contribution in [2.45, 2.75) is 20.0 Å². The minimum atomic E-state index is -0.497. The van der Waals surface area contributed by atoms with Crippen LogP contribution in [0, 0.1) is 6.92 Å². The standard InChI is InChI=1S/C9H14N2O4/c1-7-6-8(14)11(3-5-13)9(15)10(7)2-4-12/h6,12-13H,2-5H2,1H3. The predicted molar refractivity (Wildman–Crippen MR) is 53.9 cm³/mol. The van der Waals surface area contributed by atoms with Crippen LogP contribution in [0.25, 0.3) is 0 Å². The normalized spacial score (nSPS) is 10.6. The molecule has 0 spiro atoms. The van der Waals surface area contributed by atoms with Crippen molar-refractivity contribution in [1.29, 1.82) is 0 Å². The molecule has 0 aromatic carbocycles. The number of aromatic nitrogens is 2. The van der Waals surface area contributed by atoms with Crippen LogP contribution in [-0.2, 0) is 13.1 Å². The van der Waals surface area contributed by atoms with E-state index in [0.29, 0.717) is 5.69 Å². The summed E-state index contributed by atoms with van der Waals surface area (Å²) in [4.78, 5) is 23.1. The zero-order valence-corrected chi connectivity index (χ0v) is 8.51. The summed E-state index contributed by atoms with van der Waals surface area (Å²) in [5, 5.41) is 17.5. The Morgan fingerprint density at radius 1 is 1.13 bits per heavy atom. The van der Waals surface area contributed by atoms with Gasteiger partial charge in [-0.25, -0.2) is 4.79 Å². The molecule has 1 aromatic rings. The van der Waals surface area contributed by atoms with E-state index in [-0.39, 0.29) is 26.3 Å². The Kier molecular flexibility index (Phi) is 3.81. The van der Waals surface area contributed by atoms with Gasteiger partial charge in [-0.2, -0.15) is 0 Å². The maximum Gasteiger partial charge on any atom is 0.331 e. The van der Waals surface area contributed by atoms with Crippen molar-refractivity contribution in [2.75, 3.05) is 13.2 Å². The molecule has 0 saturated heterocycles. The second kappa shape index (κ2) is 4.90. The van der Waals surface area contributed by atoms with E-state index in [0.717, 1.165) is 4.57 Å². The first-order valence-corrected chi connectivity index (χ1v) is 4.64. The zero-order chi connectivity index (χ0) is 11.4. The van der Waals surface area contributed by atoms with Gasteiger partial charge in [0.2, 0.25) is 0 Å². The molecule has 0 aliphatic rings. The summed E-state index contributed by atoms with van der Waals surface area (Å²) in [6.45, 7) is 1.32. The topological polar surface area (TPSA) is 84.5 Å². The minimum Gasteiger partial charge on any atom is -0.395 e. The van der Waals surface area contributed by atoms with Gasteiger partial charge in [-0.1, -0.05) is 0 Å². The molecular formula is C9H14N2O4. The van der Waals surface area contributed by atoms with Gasteiger partial charge in [0.25, 0.3) is 5.56 Å². The monoisotopic (exact) mass is 214 g/mol. The lowest BCUT2D eigenvalue weighted by Gasteiger charge is -2.10. The maximum atomic E-state index is 11.7. The number of nitrogens with zero attached hydrogens (tertiary/aromatic N) is 2. The lowest BCUT2D eigenvalue weighted by Crippen LogP contribution is -2.41. The van der Waals surface area contributed by atoms with Crippen LogP contribution in [0.15, 0.2) is 15.7 Å². The molecule has 0 unspecified atom stereocenters. The average molecular weight is 214 g/mol. The second-order valence-corrected chi connectivity index (χ2v) is 3.16. The van der Waals surface area contributed by atoms with Crippen LogP contribution in [0.5, 0.6) is 0 Å². The molecule has 1 heterocycles. The Balaban J connectivity index is 3.36. The highest BCUT2D eigenvalue weighted by Gasteiger charge is 2.07. The van der Waals surface area contributed by atoms with Gasteiger partial charge in [0.15, 0.2) is 0 Å². The van der Waals surface area contributed by atoms with E-state index in [1.165, 1.54) is 10.6 Å². The fraction of sp³-hybridized carbons (Fsp3) is 0.556. The molecule has 0 atom stereocenters. The predicted octanol–water partition coefficient (Wildman–Crippen LogP) is -1.70. The van der Waals surface area contributed by atoms with Crippen LogP contribution in [0.4, 0.5) is 0 Å². The fourth-order valence-electron chi connectivity index (χ4n) is 1.40. The first-order chi connectivity index (χ1) is 7.11. The molecule has 6 heteroatoms. The number of aliphatic hydroxyl groups excluding tert-OH is 2. The molecule has 0 aliphatic heterocycles. The van der Waals surface area contributed by atoms with E-state index in [4.69, 9.17) is 10.2 Å². The van der Waals surface area contributed by atoms with Gasteiger partial charge >= 0.3 is 5.69 Å². The molecule has 0 saturated carbocycles. The Labute approximate surface area is 86.0 Å². The van der Waals surface area contributed by atoms with Crippen molar-refractivity contribution < 1.29 is 10.2 Å². The molecule has 15 heavy (non-hydrogen) atoms. The van der Waals surface area contributed by atoms with Gasteiger partial charge < -0.3 is 10.2 Å². The van der Waals surface area contributed by atoms with Crippen LogP contribution >= 0.6 is 0 Å². The molecule has 0 aliphatic carbocycles. The summed E-state index contributed by atoms with van der Waals surface area (Å²) < 4.78 is 2.25. The highest BCUT2D eigenvalue weighted by molar-refractivity contribution is 5.00. The number of hydrogen-bond donors (Lipinski definition) is 2. The van der Waals surface area contributed by atoms with Crippen molar-refractivity contribution in [3.05, 3.63) is 32.6 Å². The molecule has 1 rings (SSSR count). The summed E-state index contributed by atoms with van der Waals surface area (Å²) >= 11 is 0. The zero-order valence-electron chi connectivity index (χ0n) is 8.51. The fourth-order valence-corrected chi connectivity index (χ4v) is 1.40. The SMILES string of the molecule is Cc1cc(=O)n(CCO)c(=O)n1CCO. The lowest BCUT2D eigenvalue weighted by molar-refractivity contribution is 0.258. The van der Waals surface area contributed by atoms with Crippen molar-refractivity contribution in [2.24, 2.45) is 0 Å². The van der Waals surface area contributed by atoms with Crippen LogP contribution < -0.4 is 11.2 Å². The van der Waals surface area contributed by atoms with Crippen LogP contribution in [0.2, 0.25) is 0 Å². The van der Waals surface area contributed by atoms with Gasteiger partial charge in [0.1, 0.15) is 0 Å². The lowest BCUT2D eigenvalue weighted by atomic mass is 10.4. The van der Waals surface area contributed by atoms with Crippen LogP contribution in [0.3, 0.4) is 0 Å². The molecule has 0 radical (unpaired) electrons. The van der Waals surface area contributed by atoms with Gasteiger partial charge in [0.05, 0.1) is 26.3 Å². The molecule has 2 N–H and O–H groups in total. The van der Waals surface area contributed by atoms with E-state index in [1.807, 2.05) is 0 Å². The van der Waals surface area contributed by atoms with E-state index >= 15 is 0 Å². The van der Waals surface area contributed by atoms with Crippen molar-refractivity contribution in [3.8, 4) is 0 Å². The van der Waals surface area contributed by atoms with E-state index in [9.17, 15) is 9.59 Å². The van der Waals surface area contributed by atoms with Gasteiger partial charge in [-0.15, -0.1) is 0 Å². The van der Waals surface area contributed by atoms with Crippen LogP contribution in [-0.4, -0.2) is 32.6 Å². The average Bonchev–Trinajstić information content (AvgIpc) is 2.19. The summed E-state index contributed by atoms with van der Waals surface area (Å²) in [6.07, 6.45) is 0. The van der Waals surface area contributed by atoms with Crippen molar-refractivity contribution >= 4 is 0 Å². The molecule has 6 nitrogen and oxygen atoms in total. The van der Waals surface area contributed by atoms with Crippen molar-refractivity contribution in [1.82, 2.24) is 9.13 Å². The number of rotatable bonds is 4. The third-order valence-corrected chi connectivity index (χ3v) is 2.13. The third-order valence-electron chi connectivity index (χ3n) is 2.13. The highest BCUT2D eigenvalue weighted by atomic mass is 16.3. The summed E-state index contributed by atoms with van der Waals surface area (Å²) in [5.41, 5.74) is -0.419. The minimum absolute atomic E-state index is 0.0244. The van der Waals surface area contributed by atoms with E-state index < -0.39 is 11.2 Å². The Morgan fingerprint density at radius 2 is 1.67 bits per heavy atom.